The number of thioether (sulfide) groups is 1. The van der Waals surface area contributed by atoms with Crippen LogP contribution in [0.15, 0.2) is 42.5 Å². The van der Waals surface area contributed by atoms with E-state index in [-0.39, 0.29) is 24.0 Å². The van der Waals surface area contributed by atoms with E-state index in [0.717, 1.165) is 11.8 Å². The zero-order valence-electron chi connectivity index (χ0n) is 14.8. The molecule has 0 bridgehead atoms. The predicted octanol–water partition coefficient (Wildman–Crippen LogP) is 3.78. The summed E-state index contributed by atoms with van der Waals surface area (Å²) in [6.07, 6.45) is 0. The lowest BCUT2D eigenvalue weighted by molar-refractivity contribution is -0.143. The highest BCUT2D eigenvalue weighted by Gasteiger charge is 2.17. The van der Waals surface area contributed by atoms with Crippen molar-refractivity contribution in [3.8, 4) is 5.75 Å². The SMILES string of the molecule is COc1ccc(COC(=O)[C@H](C)SCC(=O)Nc2ccc(F)cc2)cc1F. The summed E-state index contributed by atoms with van der Waals surface area (Å²) in [6, 6.07) is 9.67. The summed E-state index contributed by atoms with van der Waals surface area (Å²) in [5.41, 5.74) is 0.965. The van der Waals surface area contributed by atoms with E-state index in [2.05, 4.69) is 5.32 Å². The summed E-state index contributed by atoms with van der Waals surface area (Å²) < 4.78 is 36.4. The van der Waals surface area contributed by atoms with Crippen molar-refractivity contribution < 1.29 is 27.8 Å². The van der Waals surface area contributed by atoms with Crippen LogP contribution in [0.4, 0.5) is 14.5 Å². The van der Waals surface area contributed by atoms with Crippen molar-refractivity contribution >= 4 is 29.3 Å². The molecule has 0 aliphatic carbocycles. The largest absolute Gasteiger partial charge is 0.494 e. The van der Waals surface area contributed by atoms with Crippen LogP contribution in [0.25, 0.3) is 0 Å². The molecule has 0 spiro atoms. The maximum Gasteiger partial charge on any atom is 0.319 e. The molecule has 5 nitrogen and oxygen atoms in total. The number of nitrogens with one attached hydrogen (secondary N) is 1. The van der Waals surface area contributed by atoms with Gasteiger partial charge in [0, 0.05) is 5.69 Å². The maximum atomic E-state index is 13.6. The molecule has 1 N–H and O–H groups in total. The number of carbonyl (C=O) groups is 2. The van der Waals surface area contributed by atoms with Gasteiger partial charge in [-0.2, -0.15) is 0 Å². The average molecular weight is 395 g/mol. The zero-order valence-corrected chi connectivity index (χ0v) is 15.6. The molecule has 0 aliphatic heterocycles. The second-order valence-corrected chi connectivity index (χ2v) is 6.91. The Hall–Kier alpha value is -2.61. The molecule has 27 heavy (non-hydrogen) atoms. The summed E-state index contributed by atoms with van der Waals surface area (Å²) in [5.74, 6) is -1.61. The van der Waals surface area contributed by atoms with Gasteiger partial charge in [-0.05, 0) is 48.9 Å². The first kappa shape index (κ1) is 20.7. The van der Waals surface area contributed by atoms with E-state index in [0.29, 0.717) is 11.3 Å². The van der Waals surface area contributed by atoms with Crippen LogP contribution in [0.3, 0.4) is 0 Å². The number of hydrogen-bond acceptors (Lipinski definition) is 5. The highest BCUT2D eigenvalue weighted by atomic mass is 32.2. The molecule has 0 saturated heterocycles. The van der Waals surface area contributed by atoms with E-state index in [1.165, 1.54) is 43.5 Å². The molecule has 0 saturated carbocycles. The molecule has 0 aromatic heterocycles. The van der Waals surface area contributed by atoms with Crippen LogP contribution >= 0.6 is 11.8 Å². The van der Waals surface area contributed by atoms with Crippen molar-refractivity contribution in [3.05, 3.63) is 59.7 Å². The van der Waals surface area contributed by atoms with E-state index in [9.17, 15) is 18.4 Å². The van der Waals surface area contributed by atoms with Gasteiger partial charge >= 0.3 is 5.97 Å². The topological polar surface area (TPSA) is 64.6 Å². The third-order valence-electron chi connectivity index (χ3n) is 3.52. The Kier molecular flexibility index (Phi) is 7.60. The lowest BCUT2D eigenvalue weighted by Gasteiger charge is -2.12. The number of benzene rings is 2. The number of esters is 1. The third kappa shape index (κ3) is 6.56. The van der Waals surface area contributed by atoms with Crippen molar-refractivity contribution in [2.24, 2.45) is 0 Å². The minimum absolute atomic E-state index is 0.0325. The second kappa shape index (κ2) is 9.91. The van der Waals surface area contributed by atoms with Gasteiger partial charge in [0.05, 0.1) is 12.9 Å². The molecule has 1 atom stereocenters. The van der Waals surface area contributed by atoms with Gasteiger partial charge in [-0.15, -0.1) is 11.8 Å². The maximum absolute atomic E-state index is 13.6. The van der Waals surface area contributed by atoms with Crippen molar-refractivity contribution in [2.45, 2.75) is 18.8 Å². The van der Waals surface area contributed by atoms with Crippen LogP contribution < -0.4 is 10.1 Å². The summed E-state index contributed by atoms with van der Waals surface area (Å²) in [6.45, 7) is 1.54. The van der Waals surface area contributed by atoms with Crippen LogP contribution in [0, 0.1) is 11.6 Å². The first-order chi connectivity index (χ1) is 12.9. The Balaban J connectivity index is 1.75. The number of carbonyl (C=O) groups excluding carboxylic acids is 2. The second-order valence-electron chi connectivity index (χ2n) is 5.58. The normalized spacial score (nSPS) is 11.6. The number of ether oxygens (including phenoxy) is 2. The number of methoxy groups -OCH3 is 1. The van der Waals surface area contributed by atoms with E-state index in [1.54, 1.807) is 13.0 Å². The molecule has 2 aromatic carbocycles. The molecular weight excluding hydrogens is 376 g/mol. The lowest BCUT2D eigenvalue weighted by atomic mass is 10.2. The number of anilines is 1. The van der Waals surface area contributed by atoms with Gasteiger partial charge in [0.25, 0.3) is 0 Å². The third-order valence-corrected chi connectivity index (χ3v) is 4.64. The summed E-state index contributed by atoms with van der Waals surface area (Å²) >= 11 is 1.10. The Morgan fingerprint density at radius 3 is 2.48 bits per heavy atom. The minimum Gasteiger partial charge on any atom is -0.494 e. The van der Waals surface area contributed by atoms with Gasteiger partial charge in [-0.1, -0.05) is 6.07 Å². The highest BCUT2D eigenvalue weighted by Crippen LogP contribution is 2.19. The van der Waals surface area contributed by atoms with E-state index >= 15 is 0 Å². The summed E-state index contributed by atoms with van der Waals surface area (Å²) in [5, 5.41) is 2.03. The molecule has 0 aliphatic rings. The van der Waals surface area contributed by atoms with Crippen LogP contribution in [0.5, 0.6) is 5.75 Å². The monoisotopic (exact) mass is 395 g/mol. The molecular formula is C19H19F2NO4S. The van der Waals surface area contributed by atoms with Gasteiger partial charge in [-0.3, -0.25) is 9.59 Å². The number of hydrogen-bond donors (Lipinski definition) is 1. The van der Waals surface area contributed by atoms with E-state index in [4.69, 9.17) is 9.47 Å². The van der Waals surface area contributed by atoms with Gasteiger partial charge in [0.15, 0.2) is 11.6 Å². The molecule has 0 radical (unpaired) electrons. The summed E-state index contributed by atoms with van der Waals surface area (Å²) in [7, 11) is 1.36. The summed E-state index contributed by atoms with van der Waals surface area (Å²) in [4.78, 5) is 23.9. The molecule has 2 rings (SSSR count). The standard InChI is InChI=1S/C19H19F2NO4S/c1-12(27-11-18(23)22-15-6-4-14(20)5-7-15)19(24)26-10-13-3-8-17(25-2)16(21)9-13/h3-9,12H,10-11H2,1-2H3,(H,22,23)/t12-/m0/s1. The van der Waals surface area contributed by atoms with Gasteiger partial charge < -0.3 is 14.8 Å². The van der Waals surface area contributed by atoms with Gasteiger partial charge in [0.2, 0.25) is 5.91 Å². The number of halogens is 2. The Morgan fingerprint density at radius 1 is 1.15 bits per heavy atom. The van der Waals surface area contributed by atoms with Crippen molar-refractivity contribution in [1.29, 1.82) is 0 Å². The van der Waals surface area contributed by atoms with Crippen LogP contribution in [-0.2, 0) is 20.9 Å². The predicted molar refractivity (Wildman–Crippen MR) is 99.7 cm³/mol. The lowest BCUT2D eigenvalue weighted by Crippen LogP contribution is -2.21. The Labute approximate surface area is 160 Å². The van der Waals surface area contributed by atoms with Crippen LogP contribution in [0.1, 0.15) is 12.5 Å². The smallest absolute Gasteiger partial charge is 0.319 e. The minimum atomic E-state index is -0.577. The quantitative estimate of drug-likeness (QED) is 0.689. The van der Waals surface area contributed by atoms with E-state index in [1.807, 2.05) is 0 Å². The first-order valence-electron chi connectivity index (χ1n) is 8.05. The van der Waals surface area contributed by atoms with Crippen molar-refractivity contribution in [3.63, 3.8) is 0 Å². The fraction of sp³-hybridized carbons (Fsp3) is 0.263. The molecule has 1 amide bonds. The van der Waals surface area contributed by atoms with Gasteiger partial charge in [-0.25, -0.2) is 8.78 Å². The Bertz CT molecular complexity index is 799. The van der Waals surface area contributed by atoms with Gasteiger partial charge in [0.1, 0.15) is 17.7 Å². The average Bonchev–Trinajstić information content (AvgIpc) is 2.66. The fourth-order valence-corrected chi connectivity index (χ4v) is 2.75. The molecule has 0 unspecified atom stereocenters. The van der Waals surface area contributed by atoms with Crippen molar-refractivity contribution in [1.82, 2.24) is 0 Å². The number of rotatable bonds is 8. The zero-order chi connectivity index (χ0) is 19.8. The van der Waals surface area contributed by atoms with E-state index < -0.39 is 22.9 Å². The number of amides is 1. The molecule has 0 heterocycles. The van der Waals surface area contributed by atoms with Crippen LogP contribution in [-0.4, -0.2) is 30.0 Å². The molecule has 0 fully saturated rings. The highest BCUT2D eigenvalue weighted by molar-refractivity contribution is 8.01. The fourth-order valence-electron chi connectivity index (χ4n) is 2.07. The molecule has 144 valence electrons. The van der Waals surface area contributed by atoms with Crippen molar-refractivity contribution in [2.75, 3.05) is 18.2 Å². The first-order valence-corrected chi connectivity index (χ1v) is 9.10. The molecule has 8 heteroatoms. The molecule has 2 aromatic rings. The Morgan fingerprint density at radius 2 is 1.85 bits per heavy atom. The van der Waals surface area contributed by atoms with Crippen LogP contribution in [0.2, 0.25) is 0 Å².